The van der Waals surface area contributed by atoms with Gasteiger partial charge in [0.2, 0.25) is 0 Å². The molecule has 0 aromatic heterocycles. The molecule has 0 spiro atoms. The van der Waals surface area contributed by atoms with Crippen molar-refractivity contribution in [1.82, 2.24) is 5.43 Å². The van der Waals surface area contributed by atoms with E-state index in [1.165, 1.54) is 0 Å². The van der Waals surface area contributed by atoms with Crippen LogP contribution in [0.2, 0.25) is 0 Å². The van der Waals surface area contributed by atoms with Crippen LogP contribution in [0.3, 0.4) is 0 Å². The second-order valence-corrected chi connectivity index (χ2v) is 5.75. The van der Waals surface area contributed by atoms with Gasteiger partial charge in [0, 0.05) is 5.56 Å². The Hall–Kier alpha value is -3.40. The first-order chi connectivity index (χ1) is 12.8. The highest BCUT2D eigenvalue weighted by atomic mass is 16.5. The molecule has 0 heterocycles. The van der Waals surface area contributed by atoms with Crippen LogP contribution in [0.1, 0.15) is 11.1 Å². The molecule has 4 heteroatoms. The summed E-state index contributed by atoms with van der Waals surface area (Å²) in [6, 6.07) is 21.6. The standard InChI is InChI=1S/C22H20N2O2/c1-2-8-18-10-4-6-14-21(18)26-16-22(25)24-23-15-19-12-7-11-17-9-3-5-13-20(17)19/h2-7,9-15H,1,8,16H2,(H,24,25)/b23-15-. The molecule has 1 amide bonds. The highest BCUT2D eigenvalue weighted by molar-refractivity contribution is 5.99. The minimum atomic E-state index is -0.310. The van der Waals surface area contributed by atoms with Gasteiger partial charge >= 0.3 is 0 Å². The van der Waals surface area contributed by atoms with Gasteiger partial charge in [-0.15, -0.1) is 6.58 Å². The molecule has 26 heavy (non-hydrogen) atoms. The number of ether oxygens (including phenoxy) is 1. The molecule has 0 saturated carbocycles. The topological polar surface area (TPSA) is 50.7 Å². The molecule has 3 aromatic carbocycles. The van der Waals surface area contributed by atoms with Gasteiger partial charge in [-0.3, -0.25) is 4.79 Å². The van der Waals surface area contributed by atoms with Crippen molar-refractivity contribution in [3.05, 3.63) is 90.5 Å². The molecule has 3 aromatic rings. The van der Waals surface area contributed by atoms with E-state index in [1.807, 2.05) is 66.7 Å². The van der Waals surface area contributed by atoms with Gasteiger partial charge in [0.05, 0.1) is 6.21 Å². The summed E-state index contributed by atoms with van der Waals surface area (Å²) in [5, 5.41) is 6.26. The summed E-state index contributed by atoms with van der Waals surface area (Å²) in [6.07, 6.45) is 4.14. The smallest absolute Gasteiger partial charge is 0.277 e. The zero-order valence-corrected chi connectivity index (χ0v) is 14.4. The maximum absolute atomic E-state index is 12.0. The number of allylic oxidation sites excluding steroid dienone is 1. The zero-order valence-electron chi connectivity index (χ0n) is 14.4. The fraction of sp³-hybridized carbons (Fsp3) is 0.0909. The molecule has 3 rings (SSSR count). The van der Waals surface area contributed by atoms with E-state index in [2.05, 4.69) is 17.1 Å². The molecule has 0 saturated heterocycles. The van der Waals surface area contributed by atoms with Gasteiger partial charge in [-0.05, 0) is 28.8 Å². The molecule has 0 radical (unpaired) electrons. The van der Waals surface area contributed by atoms with Gasteiger partial charge in [-0.25, -0.2) is 5.43 Å². The van der Waals surface area contributed by atoms with Crippen molar-refractivity contribution in [2.24, 2.45) is 5.10 Å². The lowest BCUT2D eigenvalue weighted by atomic mass is 10.1. The maximum atomic E-state index is 12.0. The highest BCUT2D eigenvalue weighted by Crippen LogP contribution is 2.18. The first-order valence-electron chi connectivity index (χ1n) is 8.39. The molecule has 0 fully saturated rings. The van der Waals surface area contributed by atoms with E-state index in [9.17, 15) is 4.79 Å². The lowest BCUT2D eigenvalue weighted by Crippen LogP contribution is -2.24. The van der Waals surface area contributed by atoms with E-state index in [0.717, 1.165) is 21.9 Å². The van der Waals surface area contributed by atoms with Crippen LogP contribution in [0, 0.1) is 0 Å². The number of carbonyl (C=O) groups excluding carboxylic acids is 1. The third kappa shape index (κ3) is 4.36. The lowest BCUT2D eigenvalue weighted by molar-refractivity contribution is -0.123. The zero-order chi connectivity index (χ0) is 18.2. The number of amides is 1. The fourth-order valence-corrected chi connectivity index (χ4v) is 2.68. The minimum Gasteiger partial charge on any atom is -0.483 e. The number of para-hydroxylation sites is 1. The summed E-state index contributed by atoms with van der Waals surface area (Å²) >= 11 is 0. The number of nitrogens with one attached hydrogen (secondary N) is 1. The van der Waals surface area contributed by atoms with Crippen LogP contribution >= 0.6 is 0 Å². The number of hydrogen-bond acceptors (Lipinski definition) is 3. The van der Waals surface area contributed by atoms with Crippen LogP contribution in [0.4, 0.5) is 0 Å². The number of rotatable bonds is 7. The van der Waals surface area contributed by atoms with Crippen molar-refractivity contribution in [1.29, 1.82) is 0 Å². The van der Waals surface area contributed by atoms with Crippen molar-refractivity contribution in [2.75, 3.05) is 6.61 Å². The molecule has 4 nitrogen and oxygen atoms in total. The number of hydrogen-bond donors (Lipinski definition) is 1. The number of hydrazone groups is 1. The summed E-state index contributed by atoms with van der Waals surface area (Å²) in [5.41, 5.74) is 4.44. The van der Waals surface area contributed by atoms with Crippen LogP contribution in [0.25, 0.3) is 10.8 Å². The van der Waals surface area contributed by atoms with Gasteiger partial charge in [0.25, 0.3) is 5.91 Å². The van der Waals surface area contributed by atoms with E-state index >= 15 is 0 Å². The Balaban J connectivity index is 1.59. The van der Waals surface area contributed by atoms with Gasteiger partial charge in [0.15, 0.2) is 6.61 Å². The van der Waals surface area contributed by atoms with Gasteiger partial charge < -0.3 is 4.74 Å². The van der Waals surface area contributed by atoms with Crippen molar-refractivity contribution in [3.8, 4) is 5.75 Å². The van der Waals surface area contributed by atoms with Crippen molar-refractivity contribution < 1.29 is 9.53 Å². The van der Waals surface area contributed by atoms with Crippen molar-refractivity contribution >= 4 is 22.9 Å². The fourth-order valence-electron chi connectivity index (χ4n) is 2.68. The first-order valence-corrected chi connectivity index (χ1v) is 8.39. The SMILES string of the molecule is C=CCc1ccccc1OCC(=O)N/N=C\c1cccc2ccccc12. The van der Waals surface area contributed by atoms with Crippen molar-refractivity contribution in [2.45, 2.75) is 6.42 Å². The average Bonchev–Trinajstić information content (AvgIpc) is 2.68. The Kier molecular flexibility index (Phi) is 5.78. The van der Waals surface area contributed by atoms with Crippen LogP contribution in [0.5, 0.6) is 5.75 Å². The predicted octanol–water partition coefficient (Wildman–Crippen LogP) is 4.10. The maximum Gasteiger partial charge on any atom is 0.277 e. The Labute approximate surface area is 152 Å². The molecular formula is C22H20N2O2. The normalized spacial score (nSPS) is 10.8. The minimum absolute atomic E-state index is 0.0962. The monoisotopic (exact) mass is 344 g/mol. The molecule has 0 bridgehead atoms. The summed E-state index contributed by atoms with van der Waals surface area (Å²) in [7, 11) is 0. The molecule has 0 aliphatic rings. The van der Waals surface area contributed by atoms with Crippen LogP contribution in [0.15, 0.2) is 84.5 Å². The van der Waals surface area contributed by atoms with Crippen LogP contribution in [-0.4, -0.2) is 18.7 Å². The Morgan fingerprint density at radius 3 is 2.69 bits per heavy atom. The third-order valence-corrected chi connectivity index (χ3v) is 3.91. The lowest BCUT2D eigenvalue weighted by Gasteiger charge is -2.09. The first kappa shape index (κ1) is 17.4. The molecule has 0 aliphatic carbocycles. The van der Waals surface area contributed by atoms with Crippen LogP contribution < -0.4 is 10.2 Å². The summed E-state index contributed by atoms with van der Waals surface area (Å²) in [6.45, 7) is 3.63. The van der Waals surface area contributed by atoms with Gasteiger partial charge in [-0.1, -0.05) is 66.7 Å². The van der Waals surface area contributed by atoms with E-state index in [-0.39, 0.29) is 12.5 Å². The highest BCUT2D eigenvalue weighted by Gasteiger charge is 2.05. The summed E-state index contributed by atoms with van der Waals surface area (Å²) in [5.74, 6) is 0.371. The summed E-state index contributed by atoms with van der Waals surface area (Å²) in [4.78, 5) is 12.0. The number of carbonyl (C=O) groups is 1. The Morgan fingerprint density at radius 2 is 1.81 bits per heavy atom. The Bertz CT molecular complexity index is 942. The molecule has 0 atom stereocenters. The molecule has 0 unspecified atom stereocenters. The molecule has 130 valence electrons. The van der Waals surface area contributed by atoms with Gasteiger partial charge in [-0.2, -0.15) is 5.10 Å². The number of nitrogens with zero attached hydrogens (tertiary/aromatic N) is 1. The third-order valence-electron chi connectivity index (χ3n) is 3.91. The van der Waals surface area contributed by atoms with Gasteiger partial charge in [0.1, 0.15) is 5.75 Å². The number of fused-ring (bicyclic) bond motifs is 1. The average molecular weight is 344 g/mol. The van der Waals surface area contributed by atoms with E-state index in [4.69, 9.17) is 4.74 Å². The quantitative estimate of drug-likeness (QED) is 0.399. The molecular weight excluding hydrogens is 324 g/mol. The van der Waals surface area contributed by atoms with E-state index in [0.29, 0.717) is 12.2 Å². The second kappa shape index (κ2) is 8.62. The van der Waals surface area contributed by atoms with E-state index in [1.54, 1.807) is 12.3 Å². The molecule has 1 N–H and O–H groups in total. The van der Waals surface area contributed by atoms with E-state index < -0.39 is 0 Å². The Morgan fingerprint density at radius 1 is 1.04 bits per heavy atom. The van der Waals surface area contributed by atoms with Crippen molar-refractivity contribution in [3.63, 3.8) is 0 Å². The summed E-state index contributed by atoms with van der Waals surface area (Å²) < 4.78 is 5.59. The van der Waals surface area contributed by atoms with Crippen LogP contribution in [-0.2, 0) is 11.2 Å². The number of benzene rings is 3. The predicted molar refractivity (Wildman–Crippen MR) is 106 cm³/mol. The molecule has 0 aliphatic heterocycles. The second-order valence-electron chi connectivity index (χ2n) is 5.75. The largest absolute Gasteiger partial charge is 0.483 e.